The van der Waals surface area contributed by atoms with Gasteiger partial charge in [0.05, 0.1) is 5.75 Å². The zero-order valence-electron chi connectivity index (χ0n) is 16.5. The summed E-state index contributed by atoms with van der Waals surface area (Å²) in [5.74, 6) is 0.961. The van der Waals surface area contributed by atoms with Gasteiger partial charge in [0, 0.05) is 18.4 Å². The third-order valence-corrected chi connectivity index (χ3v) is 5.49. The van der Waals surface area contributed by atoms with E-state index in [1.54, 1.807) is 6.20 Å². The molecule has 28 heavy (non-hydrogen) atoms. The van der Waals surface area contributed by atoms with Crippen LogP contribution in [0.5, 0.6) is 0 Å². The van der Waals surface area contributed by atoms with Crippen LogP contribution >= 0.6 is 11.8 Å². The van der Waals surface area contributed by atoms with Crippen molar-refractivity contribution in [2.45, 2.75) is 45.3 Å². The Morgan fingerprint density at radius 3 is 2.39 bits per heavy atom. The van der Waals surface area contributed by atoms with Crippen molar-refractivity contribution in [1.29, 1.82) is 0 Å². The van der Waals surface area contributed by atoms with Crippen LogP contribution in [0.1, 0.15) is 31.9 Å². The van der Waals surface area contributed by atoms with E-state index in [4.69, 9.17) is 0 Å². The number of aromatic nitrogens is 4. The fourth-order valence-electron chi connectivity index (χ4n) is 3.07. The molecule has 0 saturated carbocycles. The van der Waals surface area contributed by atoms with E-state index >= 15 is 0 Å². The van der Waals surface area contributed by atoms with Crippen LogP contribution in [0.3, 0.4) is 0 Å². The highest BCUT2D eigenvalue weighted by Crippen LogP contribution is 2.25. The summed E-state index contributed by atoms with van der Waals surface area (Å²) in [6.45, 7) is 6.94. The molecule has 146 valence electrons. The van der Waals surface area contributed by atoms with Gasteiger partial charge in [-0.15, -0.1) is 10.2 Å². The molecular formula is C21H25N5OS. The molecule has 3 rings (SSSR count). The molecule has 0 spiro atoms. The van der Waals surface area contributed by atoms with Crippen molar-refractivity contribution in [3.63, 3.8) is 0 Å². The smallest absolute Gasteiger partial charge is 0.234 e. The van der Waals surface area contributed by atoms with E-state index in [9.17, 15) is 4.79 Å². The van der Waals surface area contributed by atoms with Gasteiger partial charge in [-0.2, -0.15) is 0 Å². The van der Waals surface area contributed by atoms with Crippen molar-refractivity contribution >= 4 is 23.4 Å². The number of hydrogen-bond donors (Lipinski definition) is 1. The van der Waals surface area contributed by atoms with Gasteiger partial charge in [-0.1, -0.05) is 49.9 Å². The normalized spacial score (nSPS) is 10.8. The van der Waals surface area contributed by atoms with Gasteiger partial charge in [-0.25, -0.2) is 0 Å². The molecule has 0 aliphatic carbocycles. The van der Waals surface area contributed by atoms with Gasteiger partial charge in [0.2, 0.25) is 5.91 Å². The Bertz CT molecular complexity index is 917. The van der Waals surface area contributed by atoms with Crippen molar-refractivity contribution in [2.75, 3.05) is 11.1 Å². The first-order chi connectivity index (χ1) is 13.7. The van der Waals surface area contributed by atoms with Crippen LogP contribution in [0.2, 0.25) is 0 Å². The number of amides is 1. The van der Waals surface area contributed by atoms with Crippen molar-refractivity contribution in [3.05, 3.63) is 53.7 Å². The molecule has 0 aliphatic heterocycles. The Hall–Kier alpha value is -2.67. The maximum atomic E-state index is 12.6. The highest BCUT2D eigenvalue weighted by molar-refractivity contribution is 7.99. The first-order valence-corrected chi connectivity index (χ1v) is 10.5. The number of benzene rings is 1. The van der Waals surface area contributed by atoms with E-state index < -0.39 is 0 Å². The molecule has 1 N–H and O–H groups in total. The van der Waals surface area contributed by atoms with E-state index in [1.165, 1.54) is 11.8 Å². The molecule has 1 amide bonds. The molecule has 0 fully saturated rings. The van der Waals surface area contributed by atoms with Gasteiger partial charge in [0.15, 0.2) is 11.0 Å². The summed E-state index contributed by atoms with van der Waals surface area (Å²) in [4.78, 5) is 16.9. The topological polar surface area (TPSA) is 72.7 Å². The zero-order valence-corrected chi connectivity index (χ0v) is 17.3. The fraction of sp³-hybridized carbons (Fsp3) is 0.333. The molecule has 0 radical (unpaired) electrons. The lowest BCUT2D eigenvalue weighted by Gasteiger charge is -2.14. The third kappa shape index (κ3) is 4.42. The minimum absolute atomic E-state index is 0.0364. The molecule has 7 heteroatoms. The molecule has 2 heterocycles. The highest BCUT2D eigenvalue weighted by atomic mass is 32.2. The number of aryl methyl sites for hydroxylation is 2. The molecule has 0 atom stereocenters. The number of para-hydroxylation sites is 1. The van der Waals surface area contributed by atoms with Crippen molar-refractivity contribution < 1.29 is 4.79 Å². The molecule has 0 aliphatic rings. The van der Waals surface area contributed by atoms with E-state index in [-0.39, 0.29) is 11.7 Å². The Balaban J connectivity index is 1.72. The summed E-state index contributed by atoms with van der Waals surface area (Å²) in [6, 6.07) is 11.9. The van der Waals surface area contributed by atoms with Gasteiger partial charge in [-0.05, 0) is 43.0 Å². The summed E-state index contributed by atoms with van der Waals surface area (Å²) in [6.07, 6.45) is 3.50. The van der Waals surface area contributed by atoms with E-state index in [0.29, 0.717) is 6.54 Å². The van der Waals surface area contributed by atoms with Crippen LogP contribution in [0.4, 0.5) is 5.69 Å². The van der Waals surface area contributed by atoms with Crippen LogP contribution in [0.25, 0.3) is 11.5 Å². The van der Waals surface area contributed by atoms with Crippen LogP contribution in [0, 0.1) is 0 Å². The summed E-state index contributed by atoms with van der Waals surface area (Å²) in [5, 5.41) is 12.4. The van der Waals surface area contributed by atoms with Gasteiger partial charge in [-0.3, -0.25) is 9.78 Å². The lowest BCUT2D eigenvalue weighted by Crippen LogP contribution is -2.17. The molecule has 6 nitrogen and oxygen atoms in total. The molecule has 2 aromatic heterocycles. The number of rotatable bonds is 8. The average Bonchev–Trinajstić information content (AvgIpc) is 3.16. The number of hydrogen-bond acceptors (Lipinski definition) is 5. The standard InChI is InChI=1S/C21H25N5OS/c1-4-15-10-9-11-16(5-2)19(15)23-18(27)14-28-21-25-24-20(26(21)6-3)17-12-7-8-13-22-17/h7-13H,4-6,14H2,1-3H3,(H,23,27). The summed E-state index contributed by atoms with van der Waals surface area (Å²) < 4.78 is 1.98. The summed E-state index contributed by atoms with van der Waals surface area (Å²) in [5.41, 5.74) is 4.04. The first kappa shape index (κ1) is 20.1. The maximum Gasteiger partial charge on any atom is 0.234 e. The number of pyridine rings is 1. The Morgan fingerprint density at radius 2 is 1.79 bits per heavy atom. The van der Waals surface area contributed by atoms with E-state index in [1.807, 2.05) is 35.8 Å². The number of thioether (sulfide) groups is 1. The van der Waals surface area contributed by atoms with Gasteiger partial charge in [0.25, 0.3) is 0 Å². The Kier molecular flexibility index (Phi) is 6.81. The molecule has 0 bridgehead atoms. The van der Waals surface area contributed by atoms with Crippen LogP contribution in [-0.2, 0) is 24.2 Å². The SMILES string of the molecule is CCc1cccc(CC)c1NC(=O)CSc1nnc(-c2ccccn2)n1CC. The lowest BCUT2D eigenvalue weighted by atomic mass is 10.0. The van der Waals surface area contributed by atoms with Crippen LogP contribution in [-0.4, -0.2) is 31.4 Å². The van der Waals surface area contributed by atoms with Crippen LogP contribution in [0.15, 0.2) is 47.8 Å². The maximum absolute atomic E-state index is 12.6. The average molecular weight is 396 g/mol. The molecule has 0 saturated heterocycles. The molecular weight excluding hydrogens is 370 g/mol. The third-order valence-electron chi connectivity index (χ3n) is 4.52. The zero-order chi connectivity index (χ0) is 19.9. The summed E-state index contributed by atoms with van der Waals surface area (Å²) >= 11 is 1.39. The minimum atomic E-state index is -0.0364. The second-order valence-corrected chi connectivity index (χ2v) is 7.20. The van der Waals surface area contributed by atoms with Crippen LogP contribution < -0.4 is 5.32 Å². The van der Waals surface area contributed by atoms with Gasteiger partial charge in [0.1, 0.15) is 5.69 Å². The Labute approximate surface area is 169 Å². The van der Waals surface area contributed by atoms with Gasteiger partial charge >= 0.3 is 0 Å². The molecule has 1 aromatic carbocycles. The number of anilines is 1. The van der Waals surface area contributed by atoms with Gasteiger partial charge < -0.3 is 9.88 Å². The fourth-order valence-corrected chi connectivity index (χ4v) is 3.88. The van der Waals surface area contributed by atoms with Crippen molar-refractivity contribution in [3.8, 4) is 11.5 Å². The number of nitrogens with zero attached hydrogens (tertiary/aromatic N) is 4. The minimum Gasteiger partial charge on any atom is -0.325 e. The first-order valence-electron chi connectivity index (χ1n) is 9.55. The number of carbonyl (C=O) groups is 1. The lowest BCUT2D eigenvalue weighted by molar-refractivity contribution is -0.113. The number of nitrogens with one attached hydrogen (secondary N) is 1. The van der Waals surface area contributed by atoms with Crippen molar-refractivity contribution in [1.82, 2.24) is 19.7 Å². The monoisotopic (exact) mass is 395 g/mol. The predicted molar refractivity (Wildman–Crippen MR) is 113 cm³/mol. The predicted octanol–water partition coefficient (Wildman–Crippen LogP) is 4.22. The van der Waals surface area contributed by atoms with E-state index in [0.717, 1.165) is 46.3 Å². The highest BCUT2D eigenvalue weighted by Gasteiger charge is 2.16. The second-order valence-electron chi connectivity index (χ2n) is 6.26. The van der Waals surface area contributed by atoms with Crippen molar-refractivity contribution in [2.24, 2.45) is 0 Å². The molecule has 0 unspecified atom stereocenters. The Morgan fingerprint density at radius 1 is 1.04 bits per heavy atom. The number of carbonyl (C=O) groups excluding carboxylic acids is 1. The molecule has 3 aromatic rings. The second kappa shape index (κ2) is 9.50. The summed E-state index contributed by atoms with van der Waals surface area (Å²) in [7, 11) is 0. The largest absolute Gasteiger partial charge is 0.325 e. The quantitative estimate of drug-likeness (QED) is 0.578. The van der Waals surface area contributed by atoms with E-state index in [2.05, 4.69) is 46.5 Å².